The van der Waals surface area contributed by atoms with Crippen molar-refractivity contribution in [3.8, 4) is 5.75 Å². The van der Waals surface area contributed by atoms with Crippen molar-refractivity contribution in [3.05, 3.63) is 53.9 Å². The zero-order valence-corrected chi connectivity index (χ0v) is 14.4. The Balaban J connectivity index is 0.00000200. The third-order valence-corrected chi connectivity index (χ3v) is 2.77. The van der Waals surface area contributed by atoms with E-state index in [-0.39, 0.29) is 63.7 Å². The first-order chi connectivity index (χ1) is 8.97. The van der Waals surface area contributed by atoms with Crippen molar-refractivity contribution in [1.82, 2.24) is 4.98 Å². The zero-order valence-electron chi connectivity index (χ0n) is 11.3. The molecule has 0 spiro atoms. The number of ether oxygens (including phenoxy) is 1. The number of benzene rings is 1. The maximum absolute atomic E-state index is 12.6. The molecule has 0 aliphatic rings. The summed E-state index contributed by atoms with van der Waals surface area (Å²) in [5.74, 6) is 0.125. The normalized spacial score (nSPS) is 10.8. The fraction of sp³-hybridized carbons (Fsp3) is 0.154. The first-order valence-corrected chi connectivity index (χ1v) is 5.79. The second kappa shape index (κ2) is 7.61. The standard InChI is InChI=1S/C13H12BF3NO.K/c1-10-4-2-3-5-11(10)9-19-13-6-12(7-18-8-13)14(15,16)17;/h2-8H,9H2,1H3;/q-1;+1. The average Bonchev–Trinajstić information content (AvgIpc) is 2.37. The van der Waals surface area contributed by atoms with Crippen LogP contribution in [0, 0.1) is 6.92 Å². The van der Waals surface area contributed by atoms with Gasteiger partial charge in [-0.3, -0.25) is 4.98 Å². The van der Waals surface area contributed by atoms with Gasteiger partial charge in [-0.25, -0.2) is 0 Å². The van der Waals surface area contributed by atoms with Crippen LogP contribution in [0.25, 0.3) is 0 Å². The molecule has 0 amide bonds. The van der Waals surface area contributed by atoms with Crippen molar-refractivity contribution in [3.63, 3.8) is 0 Å². The number of hydrogen-bond donors (Lipinski definition) is 0. The number of hydrogen-bond acceptors (Lipinski definition) is 2. The molecule has 0 saturated heterocycles. The minimum atomic E-state index is -5.05. The van der Waals surface area contributed by atoms with E-state index in [2.05, 4.69) is 4.98 Å². The summed E-state index contributed by atoms with van der Waals surface area (Å²) < 4.78 is 43.0. The molecular formula is C13H12BF3KNO. The molecule has 0 aliphatic carbocycles. The second-order valence-corrected chi connectivity index (χ2v) is 4.24. The van der Waals surface area contributed by atoms with Gasteiger partial charge >= 0.3 is 58.4 Å². The minimum Gasteiger partial charge on any atom is -0.487 e. The Labute approximate surface area is 158 Å². The fourth-order valence-electron chi connectivity index (χ4n) is 1.63. The van der Waals surface area contributed by atoms with Gasteiger partial charge in [0.15, 0.2) is 0 Å². The molecule has 0 N–H and O–H groups in total. The van der Waals surface area contributed by atoms with Crippen molar-refractivity contribution in [1.29, 1.82) is 0 Å². The molecule has 2 rings (SSSR count). The molecule has 0 atom stereocenters. The van der Waals surface area contributed by atoms with E-state index in [9.17, 15) is 12.9 Å². The van der Waals surface area contributed by atoms with Gasteiger partial charge in [-0.15, -0.1) is 0 Å². The largest absolute Gasteiger partial charge is 1.00 e. The molecule has 0 unspecified atom stereocenters. The van der Waals surface area contributed by atoms with Crippen molar-refractivity contribution in [2.75, 3.05) is 0 Å². The third kappa shape index (κ3) is 4.89. The maximum atomic E-state index is 12.6. The molecule has 0 saturated carbocycles. The Kier molecular flexibility index (Phi) is 6.74. The number of aryl methyl sites for hydroxylation is 1. The average molecular weight is 305 g/mol. The van der Waals surface area contributed by atoms with Crippen LogP contribution in [-0.4, -0.2) is 12.0 Å². The summed E-state index contributed by atoms with van der Waals surface area (Å²) in [4.78, 5) is 3.56. The molecule has 100 valence electrons. The molecule has 0 bridgehead atoms. The van der Waals surface area contributed by atoms with Crippen molar-refractivity contribution in [2.45, 2.75) is 13.5 Å². The van der Waals surface area contributed by atoms with Crippen molar-refractivity contribution in [2.24, 2.45) is 0 Å². The topological polar surface area (TPSA) is 22.1 Å². The summed E-state index contributed by atoms with van der Waals surface area (Å²) in [6, 6.07) is 8.53. The van der Waals surface area contributed by atoms with Crippen LogP contribution in [0.4, 0.5) is 12.9 Å². The SMILES string of the molecule is Cc1ccccc1COc1cncc([B-](F)(F)F)c1.[K+]. The van der Waals surface area contributed by atoms with Gasteiger partial charge < -0.3 is 17.7 Å². The molecule has 1 aromatic heterocycles. The van der Waals surface area contributed by atoms with Gasteiger partial charge in [0.05, 0.1) is 6.20 Å². The summed E-state index contributed by atoms with van der Waals surface area (Å²) in [6.07, 6.45) is 2.09. The van der Waals surface area contributed by atoms with E-state index in [0.717, 1.165) is 23.4 Å². The molecule has 1 heterocycles. The van der Waals surface area contributed by atoms with Crippen LogP contribution >= 0.6 is 0 Å². The predicted molar refractivity (Wildman–Crippen MR) is 68.5 cm³/mol. The second-order valence-electron chi connectivity index (χ2n) is 4.24. The molecule has 7 heteroatoms. The first kappa shape index (κ1) is 17.7. The summed E-state index contributed by atoms with van der Waals surface area (Å²) in [5.41, 5.74) is 1.22. The van der Waals surface area contributed by atoms with Crippen LogP contribution in [0.2, 0.25) is 0 Å². The van der Waals surface area contributed by atoms with Gasteiger partial charge in [0, 0.05) is 6.20 Å². The van der Waals surface area contributed by atoms with E-state index in [1.165, 1.54) is 6.20 Å². The zero-order chi connectivity index (χ0) is 13.9. The number of pyridine rings is 1. The number of nitrogens with zero attached hydrogens (tertiary/aromatic N) is 1. The van der Waals surface area contributed by atoms with E-state index >= 15 is 0 Å². The summed E-state index contributed by atoms with van der Waals surface area (Å²) in [6.45, 7) is -2.90. The summed E-state index contributed by atoms with van der Waals surface area (Å²) in [7, 11) is 0. The molecule has 0 fully saturated rings. The van der Waals surface area contributed by atoms with Crippen LogP contribution < -0.4 is 61.6 Å². The van der Waals surface area contributed by atoms with Crippen LogP contribution in [0.1, 0.15) is 11.1 Å². The predicted octanol–water partition coefficient (Wildman–Crippen LogP) is 0.0274. The van der Waals surface area contributed by atoms with E-state index in [0.29, 0.717) is 0 Å². The van der Waals surface area contributed by atoms with Gasteiger partial charge in [-0.1, -0.05) is 29.7 Å². The molecular weight excluding hydrogens is 293 g/mol. The third-order valence-electron chi connectivity index (χ3n) is 2.77. The first-order valence-electron chi connectivity index (χ1n) is 5.79. The molecule has 1 aromatic carbocycles. The minimum absolute atomic E-state index is 0. The van der Waals surface area contributed by atoms with Crippen LogP contribution in [0.5, 0.6) is 5.75 Å². The fourth-order valence-corrected chi connectivity index (χ4v) is 1.63. The van der Waals surface area contributed by atoms with Gasteiger partial charge in [0.2, 0.25) is 0 Å². The monoisotopic (exact) mass is 305 g/mol. The Bertz CT molecular complexity index is 578. The maximum Gasteiger partial charge on any atom is 1.00 e. The van der Waals surface area contributed by atoms with E-state index < -0.39 is 12.4 Å². The molecule has 2 nitrogen and oxygen atoms in total. The van der Waals surface area contributed by atoms with E-state index in [1.807, 2.05) is 31.2 Å². The van der Waals surface area contributed by atoms with Gasteiger partial charge in [-0.2, -0.15) is 0 Å². The summed E-state index contributed by atoms with van der Waals surface area (Å²) in [5, 5.41) is 0. The number of aromatic nitrogens is 1. The van der Waals surface area contributed by atoms with Gasteiger partial charge in [-0.05, 0) is 24.1 Å². The Morgan fingerprint density at radius 2 is 1.85 bits per heavy atom. The Hall–Kier alpha value is -0.339. The molecule has 20 heavy (non-hydrogen) atoms. The van der Waals surface area contributed by atoms with Crippen molar-refractivity contribution >= 4 is 12.4 Å². The molecule has 0 aliphatic heterocycles. The van der Waals surface area contributed by atoms with E-state index in [1.54, 1.807) is 0 Å². The number of halogens is 3. The Morgan fingerprint density at radius 3 is 2.50 bits per heavy atom. The van der Waals surface area contributed by atoms with Crippen LogP contribution in [0.15, 0.2) is 42.7 Å². The van der Waals surface area contributed by atoms with Crippen LogP contribution in [0.3, 0.4) is 0 Å². The smallest absolute Gasteiger partial charge is 0.487 e. The van der Waals surface area contributed by atoms with Gasteiger partial charge in [0.1, 0.15) is 12.4 Å². The van der Waals surface area contributed by atoms with Crippen LogP contribution in [-0.2, 0) is 6.61 Å². The number of rotatable bonds is 4. The Morgan fingerprint density at radius 1 is 1.15 bits per heavy atom. The van der Waals surface area contributed by atoms with E-state index in [4.69, 9.17) is 4.74 Å². The molecule has 0 radical (unpaired) electrons. The quantitative estimate of drug-likeness (QED) is 0.744. The van der Waals surface area contributed by atoms with Crippen molar-refractivity contribution < 1.29 is 69.1 Å². The molecule has 2 aromatic rings. The summed E-state index contributed by atoms with van der Waals surface area (Å²) >= 11 is 0. The van der Waals surface area contributed by atoms with Gasteiger partial charge in [0.25, 0.3) is 0 Å².